The minimum atomic E-state index is 0.373. The van der Waals surface area contributed by atoms with Crippen molar-refractivity contribution < 1.29 is 0 Å². The second-order valence-corrected chi connectivity index (χ2v) is 6.23. The molecule has 3 nitrogen and oxygen atoms in total. The third-order valence-corrected chi connectivity index (χ3v) is 4.61. The first-order valence-corrected chi connectivity index (χ1v) is 7.85. The Morgan fingerprint density at radius 1 is 1.29 bits per heavy atom. The Balaban J connectivity index is 1.94. The molecule has 0 radical (unpaired) electrons. The molecule has 0 unspecified atom stereocenters. The van der Waals surface area contributed by atoms with Gasteiger partial charge in [0, 0.05) is 10.9 Å². The molecule has 5 heteroatoms. The van der Waals surface area contributed by atoms with Gasteiger partial charge in [0.25, 0.3) is 0 Å². The van der Waals surface area contributed by atoms with Crippen molar-refractivity contribution in [2.45, 2.75) is 38.1 Å². The fourth-order valence-corrected chi connectivity index (χ4v) is 3.41. The molecule has 1 saturated carbocycles. The molecule has 1 aliphatic rings. The predicted molar refractivity (Wildman–Crippen MR) is 83.7 cm³/mol. The van der Waals surface area contributed by atoms with Gasteiger partial charge in [-0.3, -0.25) is 0 Å². The second kappa shape index (κ2) is 6.09. The number of aromatic nitrogens is 2. The molecule has 0 amide bonds. The van der Waals surface area contributed by atoms with Crippen LogP contribution in [0.1, 0.15) is 48.4 Å². The van der Waals surface area contributed by atoms with Crippen LogP contribution in [0.15, 0.2) is 24.3 Å². The lowest BCUT2D eigenvalue weighted by atomic mass is 10.0. The summed E-state index contributed by atoms with van der Waals surface area (Å²) in [6.45, 7) is 0.529. The molecule has 21 heavy (non-hydrogen) atoms. The van der Waals surface area contributed by atoms with Gasteiger partial charge in [0.1, 0.15) is 16.8 Å². The quantitative estimate of drug-likeness (QED) is 0.817. The van der Waals surface area contributed by atoms with Gasteiger partial charge in [-0.15, -0.1) is 0 Å². The lowest BCUT2D eigenvalue weighted by Crippen LogP contribution is -2.03. The molecule has 1 aliphatic carbocycles. The number of nitriles is 1. The molecular formula is C16H15Cl2N3. The van der Waals surface area contributed by atoms with E-state index in [2.05, 4.69) is 11.2 Å². The van der Waals surface area contributed by atoms with Crippen LogP contribution < -0.4 is 0 Å². The van der Waals surface area contributed by atoms with E-state index in [4.69, 9.17) is 23.2 Å². The van der Waals surface area contributed by atoms with Crippen LogP contribution in [-0.2, 0) is 6.54 Å². The SMILES string of the molecule is N#Cc1c(C2CCCC2)nn(Cc2cccc(Cl)c2)c1Cl. The Hall–Kier alpha value is -1.50. The summed E-state index contributed by atoms with van der Waals surface area (Å²) in [6, 6.07) is 9.82. The fraction of sp³-hybridized carbons (Fsp3) is 0.375. The van der Waals surface area contributed by atoms with Gasteiger partial charge >= 0.3 is 0 Å². The molecule has 1 heterocycles. The molecule has 108 valence electrons. The molecular weight excluding hydrogens is 305 g/mol. The summed E-state index contributed by atoms with van der Waals surface area (Å²) in [7, 11) is 0. The van der Waals surface area contributed by atoms with Crippen molar-refractivity contribution in [1.82, 2.24) is 9.78 Å². The summed E-state index contributed by atoms with van der Waals surface area (Å²) < 4.78 is 1.71. The van der Waals surface area contributed by atoms with E-state index in [1.54, 1.807) is 4.68 Å². The van der Waals surface area contributed by atoms with E-state index in [0.29, 0.717) is 28.2 Å². The highest BCUT2D eigenvalue weighted by atomic mass is 35.5. The molecule has 1 aromatic carbocycles. The highest BCUT2D eigenvalue weighted by molar-refractivity contribution is 6.31. The lowest BCUT2D eigenvalue weighted by molar-refractivity contribution is 0.629. The standard InChI is InChI=1S/C16H15Cl2N3/c17-13-7-3-4-11(8-13)10-21-16(18)14(9-19)15(20-21)12-5-1-2-6-12/h3-4,7-8,12H,1-2,5-6,10H2. The fourth-order valence-electron chi connectivity index (χ4n) is 2.96. The van der Waals surface area contributed by atoms with E-state index in [1.807, 2.05) is 24.3 Å². The van der Waals surface area contributed by atoms with E-state index in [-0.39, 0.29) is 0 Å². The maximum Gasteiger partial charge on any atom is 0.145 e. The summed E-state index contributed by atoms with van der Waals surface area (Å²) in [5.41, 5.74) is 2.42. The number of halogens is 2. The van der Waals surface area contributed by atoms with Gasteiger partial charge in [0.15, 0.2) is 0 Å². The summed E-state index contributed by atoms with van der Waals surface area (Å²) in [5, 5.41) is 15.1. The van der Waals surface area contributed by atoms with Gasteiger partial charge < -0.3 is 0 Å². The van der Waals surface area contributed by atoms with Gasteiger partial charge in [-0.2, -0.15) is 10.4 Å². The minimum absolute atomic E-state index is 0.373. The van der Waals surface area contributed by atoms with Crippen LogP contribution in [0.2, 0.25) is 10.2 Å². The van der Waals surface area contributed by atoms with Gasteiger partial charge in [0.05, 0.1) is 12.2 Å². The zero-order chi connectivity index (χ0) is 14.8. The van der Waals surface area contributed by atoms with Crippen molar-refractivity contribution in [3.05, 3.63) is 51.3 Å². The van der Waals surface area contributed by atoms with Crippen LogP contribution in [0, 0.1) is 11.3 Å². The number of hydrogen-bond acceptors (Lipinski definition) is 2. The Bertz CT molecular complexity index is 694. The molecule has 0 saturated heterocycles. The Morgan fingerprint density at radius 3 is 2.71 bits per heavy atom. The highest BCUT2D eigenvalue weighted by Gasteiger charge is 2.26. The van der Waals surface area contributed by atoms with Crippen LogP contribution >= 0.6 is 23.2 Å². The lowest BCUT2D eigenvalue weighted by Gasteiger charge is -2.05. The molecule has 0 N–H and O–H groups in total. The first kappa shape index (κ1) is 14.4. The zero-order valence-corrected chi connectivity index (χ0v) is 13.0. The van der Waals surface area contributed by atoms with Gasteiger partial charge in [-0.25, -0.2) is 4.68 Å². The van der Waals surface area contributed by atoms with Crippen LogP contribution in [0.3, 0.4) is 0 Å². The van der Waals surface area contributed by atoms with Crippen LogP contribution in [0.25, 0.3) is 0 Å². The van der Waals surface area contributed by atoms with E-state index in [0.717, 1.165) is 24.1 Å². The number of benzene rings is 1. The van der Waals surface area contributed by atoms with Gasteiger partial charge in [-0.05, 0) is 30.5 Å². The molecule has 1 aromatic heterocycles. The normalized spacial score (nSPS) is 15.3. The Morgan fingerprint density at radius 2 is 2.05 bits per heavy atom. The van der Waals surface area contributed by atoms with E-state index < -0.39 is 0 Å². The Labute approximate surface area is 134 Å². The molecule has 2 aromatic rings. The number of rotatable bonds is 3. The van der Waals surface area contributed by atoms with Crippen molar-refractivity contribution in [2.75, 3.05) is 0 Å². The average Bonchev–Trinajstić information content (AvgIpc) is 3.08. The third-order valence-electron chi connectivity index (χ3n) is 3.99. The highest BCUT2D eigenvalue weighted by Crippen LogP contribution is 2.37. The second-order valence-electron chi connectivity index (χ2n) is 5.43. The van der Waals surface area contributed by atoms with E-state index in [9.17, 15) is 5.26 Å². The first-order chi connectivity index (χ1) is 10.2. The van der Waals surface area contributed by atoms with Crippen molar-refractivity contribution in [3.8, 4) is 6.07 Å². The third kappa shape index (κ3) is 2.92. The smallest absolute Gasteiger partial charge is 0.145 e. The van der Waals surface area contributed by atoms with Crippen molar-refractivity contribution in [3.63, 3.8) is 0 Å². The van der Waals surface area contributed by atoms with Crippen molar-refractivity contribution >= 4 is 23.2 Å². The minimum Gasteiger partial charge on any atom is -0.248 e. The number of hydrogen-bond donors (Lipinski definition) is 0. The summed E-state index contributed by atoms with van der Waals surface area (Å²) in [5.74, 6) is 0.373. The van der Waals surface area contributed by atoms with Gasteiger partial charge in [-0.1, -0.05) is 48.2 Å². The molecule has 1 fully saturated rings. The van der Waals surface area contributed by atoms with E-state index >= 15 is 0 Å². The molecule has 0 aliphatic heterocycles. The largest absolute Gasteiger partial charge is 0.248 e. The zero-order valence-electron chi connectivity index (χ0n) is 11.5. The van der Waals surface area contributed by atoms with Crippen LogP contribution in [0.5, 0.6) is 0 Å². The van der Waals surface area contributed by atoms with Gasteiger partial charge in [0.2, 0.25) is 0 Å². The Kier molecular flexibility index (Phi) is 4.19. The molecule has 0 bridgehead atoms. The summed E-state index contributed by atoms with van der Waals surface area (Å²) >= 11 is 12.3. The van der Waals surface area contributed by atoms with Crippen LogP contribution in [-0.4, -0.2) is 9.78 Å². The maximum absolute atomic E-state index is 9.37. The number of nitrogens with zero attached hydrogens (tertiary/aromatic N) is 3. The first-order valence-electron chi connectivity index (χ1n) is 7.10. The monoisotopic (exact) mass is 319 g/mol. The van der Waals surface area contributed by atoms with E-state index in [1.165, 1.54) is 12.8 Å². The maximum atomic E-state index is 9.37. The molecule has 0 spiro atoms. The molecule has 0 atom stereocenters. The predicted octanol–water partition coefficient (Wildman–Crippen LogP) is 4.77. The topological polar surface area (TPSA) is 41.6 Å². The summed E-state index contributed by atoms with van der Waals surface area (Å²) in [6.07, 6.45) is 4.60. The average molecular weight is 320 g/mol. The van der Waals surface area contributed by atoms with Crippen molar-refractivity contribution in [1.29, 1.82) is 5.26 Å². The summed E-state index contributed by atoms with van der Waals surface area (Å²) in [4.78, 5) is 0. The van der Waals surface area contributed by atoms with Crippen LogP contribution in [0.4, 0.5) is 0 Å². The van der Waals surface area contributed by atoms with Crippen molar-refractivity contribution in [2.24, 2.45) is 0 Å². The molecule has 3 rings (SSSR count).